The van der Waals surface area contributed by atoms with Crippen molar-refractivity contribution in [1.82, 2.24) is 5.32 Å². The zero-order valence-electron chi connectivity index (χ0n) is 13.9. The maximum absolute atomic E-state index is 12.1. The van der Waals surface area contributed by atoms with Crippen LogP contribution in [-0.2, 0) is 16.1 Å². The number of anilines is 1. The van der Waals surface area contributed by atoms with E-state index < -0.39 is 0 Å². The Kier molecular flexibility index (Phi) is 6.55. The molecule has 0 atom stereocenters. The minimum absolute atomic E-state index is 0.0696. The van der Waals surface area contributed by atoms with Crippen LogP contribution in [0.3, 0.4) is 0 Å². The first-order valence-corrected chi connectivity index (χ1v) is 8.61. The molecule has 0 aliphatic heterocycles. The van der Waals surface area contributed by atoms with Crippen molar-refractivity contribution in [3.05, 3.63) is 64.1 Å². The van der Waals surface area contributed by atoms with Gasteiger partial charge in [-0.1, -0.05) is 46.3 Å². The summed E-state index contributed by atoms with van der Waals surface area (Å²) in [4.78, 5) is 25.7. The molecule has 0 aromatic heterocycles. The Bertz CT molecular complexity index is 717. The fraction of sp³-hybridized carbons (Fsp3) is 0.263. The van der Waals surface area contributed by atoms with Gasteiger partial charge in [0.25, 0.3) is 0 Å². The van der Waals surface area contributed by atoms with Crippen LogP contribution in [0.15, 0.2) is 53.0 Å². The number of rotatable bonds is 6. The molecule has 126 valence electrons. The van der Waals surface area contributed by atoms with Crippen molar-refractivity contribution in [2.24, 2.45) is 0 Å². The monoisotopic (exact) mass is 388 g/mol. The van der Waals surface area contributed by atoms with Crippen LogP contribution in [0.1, 0.15) is 24.5 Å². The summed E-state index contributed by atoms with van der Waals surface area (Å²) in [6.07, 6.45) is 0.266. The van der Waals surface area contributed by atoms with Crippen LogP contribution in [0, 0.1) is 6.92 Å². The van der Waals surface area contributed by atoms with Crippen LogP contribution in [0.4, 0.5) is 5.69 Å². The molecular formula is C19H21BrN2O2. The fourth-order valence-corrected chi connectivity index (χ4v) is 2.94. The van der Waals surface area contributed by atoms with Gasteiger partial charge in [0.15, 0.2) is 0 Å². The highest BCUT2D eigenvalue weighted by Gasteiger charge is 2.15. The van der Waals surface area contributed by atoms with Crippen LogP contribution in [0.5, 0.6) is 0 Å². The maximum atomic E-state index is 12.1. The molecule has 0 saturated carbocycles. The second kappa shape index (κ2) is 8.64. The number of hydrogen-bond donors (Lipinski definition) is 1. The zero-order chi connectivity index (χ0) is 17.5. The summed E-state index contributed by atoms with van der Waals surface area (Å²) in [5.74, 6) is -0.142. The Labute approximate surface area is 151 Å². The first-order chi connectivity index (χ1) is 11.5. The Morgan fingerprint density at radius 3 is 2.46 bits per heavy atom. The SMILES string of the molecule is CC(=O)N(CCC(=O)NCc1ccccc1)c1ccc(Br)cc1C. The molecule has 2 aromatic carbocycles. The maximum Gasteiger partial charge on any atom is 0.223 e. The van der Waals surface area contributed by atoms with Crippen LogP contribution in [0.25, 0.3) is 0 Å². The van der Waals surface area contributed by atoms with E-state index in [4.69, 9.17) is 0 Å². The Morgan fingerprint density at radius 2 is 1.83 bits per heavy atom. The number of benzene rings is 2. The van der Waals surface area contributed by atoms with Crippen molar-refractivity contribution in [2.45, 2.75) is 26.8 Å². The minimum Gasteiger partial charge on any atom is -0.352 e. The lowest BCUT2D eigenvalue weighted by Gasteiger charge is -2.23. The van der Waals surface area contributed by atoms with Crippen LogP contribution in [0.2, 0.25) is 0 Å². The third-order valence-electron chi connectivity index (χ3n) is 3.72. The first-order valence-electron chi connectivity index (χ1n) is 7.82. The summed E-state index contributed by atoms with van der Waals surface area (Å²) in [5, 5.41) is 2.88. The Hall–Kier alpha value is -2.14. The summed E-state index contributed by atoms with van der Waals surface area (Å²) >= 11 is 3.42. The molecular weight excluding hydrogens is 368 g/mol. The Morgan fingerprint density at radius 1 is 1.12 bits per heavy atom. The number of nitrogens with zero attached hydrogens (tertiary/aromatic N) is 1. The van der Waals surface area contributed by atoms with Gasteiger partial charge < -0.3 is 10.2 Å². The van der Waals surface area contributed by atoms with E-state index in [1.165, 1.54) is 6.92 Å². The molecule has 24 heavy (non-hydrogen) atoms. The fourth-order valence-electron chi connectivity index (χ4n) is 2.47. The van der Waals surface area contributed by atoms with Gasteiger partial charge in [-0.2, -0.15) is 0 Å². The molecule has 0 bridgehead atoms. The van der Waals surface area contributed by atoms with Crippen molar-refractivity contribution in [1.29, 1.82) is 0 Å². The predicted molar refractivity (Wildman–Crippen MR) is 99.8 cm³/mol. The van der Waals surface area contributed by atoms with Gasteiger partial charge in [-0.05, 0) is 36.2 Å². The van der Waals surface area contributed by atoms with E-state index in [1.807, 2.05) is 55.5 Å². The molecule has 0 heterocycles. The standard InChI is InChI=1S/C19H21BrN2O2/c1-14-12-17(20)8-9-18(14)22(15(2)23)11-10-19(24)21-13-16-6-4-3-5-7-16/h3-9,12H,10-11,13H2,1-2H3,(H,21,24). The second-order valence-electron chi connectivity index (χ2n) is 5.61. The Balaban J connectivity index is 1.94. The van der Waals surface area contributed by atoms with Gasteiger partial charge in [-0.3, -0.25) is 9.59 Å². The number of hydrogen-bond acceptors (Lipinski definition) is 2. The molecule has 0 saturated heterocycles. The van der Waals surface area contributed by atoms with E-state index in [9.17, 15) is 9.59 Å². The second-order valence-corrected chi connectivity index (χ2v) is 6.53. The number of carbonyl (C=O) groups is 2. The predicted octanol–water partition coefficient (Wildman–Crippen LogP) is 3.82. The van der Waals surface area contributed by atoms with E-state index >= 15 is 0 Å². The molecule has 2 rings (SSSR count). The highest BCUT2D eigenvalue weighted by Crippen LogP contribution is 2.24. The van der Waals surface area contributed by atoms with Crippen molar-refractivity contribution in [3.63, 3.8) is 0 Å². The molecule has 2 amide bonds. The molecule has 5 heteroatoms. The molecule has 0 aliphatic rings. The lowest BCUT2D eigenvalue weighted by Crippen LogP contribution is -2.34. The average Bonchev–Trinajstić information content (AvgIpc) is 2.55. The van der Waals surface area contributed by atoms with Crippen LogP contribution >= 0.6 is 15.9 Å². The lowest BCUT2D eigenvalue weighted by molar-refractivity contribution is -0.121. The summed E-state index contributed by atoms with van der Waals surface area (Å²) in [7, 11) is 0. The topological polar surface area (TPSA) is 49.4 Å². The minimum atomic E-state index is -0.0729. The third kappa shape index (κ3) is 5.20. The van der Waals surface area contributed by atoms with Crippen molar-refractivity contribution < 1.29 is 9.59 Å². The molecule has 0 fully saturated rings. The molecule has 2 aromatic rings. The third-order valence-corrected chi connectivity index (χ3v) is 4.22. The van der Waals surface area contributed by atoms with E-state index in [2.05, 4.69) is 21.2 Å². The molecule has 4 nitrogen and oxygen atoms in total. The van der Waals surface area contributed by atoms with E-state index in [1.54, 1.807) is 4.90 Å². The van der Waals surface area contributed by atoms with Crippen LogP contribution < -0.4 is 10.2 Å². The van der Waals surface area contributed by atoms with Gasteiger partial charge in [0.05, 0.1) is 0 Å². The number of nitrogens with one attached hydrogen (secondary N) is 1. The lowest BCUT2D eigenvalue weighted by atomic mass is 10.1. The van der Waals surface area contributed by atoms with Gasteiger partial charge in [0.2, 0.25) is 11.8 Å². The zero-order valence-corrected chi connectivity index (χ0v) is 15.5. The number of halogens is 1. The van der Waals surface area contributed by atoms with E-state index in [-0.39, 0.29) is 18.2 Å². The van der Waals surface area contributed by atoms with E-state index in [0.717, 1.165) is 21.3 Å². The van der Waals surface area contributed by atoms with Crippen molar-refractivity contribution >= 4 is 33.4 Å². The van der Waals surface area contributed by atoms with Gasteiger partial charge in [0, 0.05) is 36.6 Å². The quantitative estimate of drug-likeness (QED) is 0.817. The van der Waals surface area contributed by atoms with E-state index in [0.29, 0.717) is 13.1 Å². The van der Waals surface area contributed by atoms with Gasteiger partial charge >= 0.3 is 0 Å². The van der Waals surface area contributed by atoms with Gasteiger partial charge in [0.1, 0.15) is 0 Å². The van der Waals surface area contributed by atoms with Gasteiger partial charge in [-0.15, -0.1) is 0 Å². The number of aryl methyl sites for hydroxylation is 1. The summed E-state index contributed by atoms with van der Waals surface area (Å²) < 4.78 is 0.966. The molecule has 0 radical (unpaired) electrons. The van der Waals surface area contributed by atoms with Crippen molar-refractivity contribution in [2.75, 3.05) is 11.4 Å². The average molecular weight is 389 g/mol. The highest BCUT2D eigenvalue weighted by atomic mass is 79.9. The molecule has 0 unspecified atom stereocenters. The molecule has 0 spiro atoms. The smallest absolute Gasteiger partial charge is 0.223 e. The number of amides is 2. The highest BCUT2D eigenvalue weighted by molar-refractivity contribution is 9.10. The summed E-state index contributed by atoms with van der Waals surface area (Å²) in [5.41, 5.74) is 2.88. The summed E-state index contributed by atoms with van der Waals surface area (Å²) in [6.45, 7) is 4.32. The summed E-state index contributed by atoms with van der Waals surface area (Å²) in [6, 6.07) is 15.5. The first kappa shape index (κ1) is 18.2. The van der Waals surface area contributed by atoms with Gasteiger partial charge in [-0.25, -0.2) is 0 Å². The van der Waals surface area contributed by atoms with Crippen molar-refractivity contribution in [3.8, 4) is 0 Å². The molecule has 1 N–H and O–H groups in total. The molecule has 0 aliphatic carbocycles. The number of carbonyl (C=O) groups excluding carboxylic acids is 2. The normalized spacial score (nSPS) is 10.3. The van der Waals surface area contributed by atoms with Crippen LogP contribution in [-0.4, -0.2) is 18.4 Å². The largest absolute Gasteiger partial charge is 0.352 e.